The van der Waals surface area contributed by atoms with E-state index in [1.54, 1.807) is 0 Å². The zero-order valence-electron chi connectivity index (χ0n) is 3.92. The van der Waals surface area contributed by atoms with Gasteiger partial charge in [-0.15, -0.1) is 0 Å². The van der Waals surface area contributed by atoms with Crippen LogP contribution in [0.25, 0.3) is 0 Å². The van der Waals surface area contributed by atoms with Crippen molar-refractivity contribution in [3.05, 3.63) is 0 Å². The van der Waals surface area contributed by atoms with Crippen molar-refractivity contribution >= 4 is 103 Å². The molecule has 0 aromatic carbocycles. The van der Waals surface area contributed by atoms with Gasteiger partial charge in [-0.25, -0.2) is 4.79 Å². The monoisotopic (exact) mass is 342 g/mol. The molecule has 0 aliphatic rings. The summed E-state index contributed by atoms with van der Waals surface area (Å²) in [6, 6.07) is 0. The molecule has 10 heteroatoms. The van der Waals surface area contributed by atoms with Gasteiger partial charge in [-0.3, -0.25) is 9.11 Å². The fourth-order valence-corrected chi connectivity index (χ4v) is 0. The van der Waals surface area contributed by atoms with Gasteiger partial charge in [0.1, 0.15) is 0 Å². The van der Waals surface area contributed by atoms with E-state index in [1.165, 1.54) is 0 Å². The van der Waals surface area contributed by atoms with Gasteiger partial charge < -0.3 is 10.2 Å². The van der Waals surface area contributed by atoms with Gasteiger partial charge in [0.15, 0.2) is 0 Å². The second kappa shape index (κ2) is 12.0. The maximum absolute atomic E-state index is 8.74. The van der Waals surface area contributed by atoms with Gasteiger partial charge in [0, 0.05) is 0 Å². The Balaban J connectivity index is -0.0000000383. The molecule has 0 amide bonds. The Kier molecular flexibility index (Phi) is 25.1. The normalized spacial score (nSPS) is 7.45. The van der Waals surface area contributed by atoms with Crippen molar-refractivity contribution in [2.75, 3.05) is 0 Å². The molecule has 0 radical (unpaired) electrons. The first-order valence-electron chi connectivity index (χ1n) is 1.35. The van der Waals surface area contributed by atoms with Crippen LogP contribution in [0.15, 0.2) is 0 Å². The molecule has 0 saturated heterocycles. The Morgan fingerprint density at radius 1 is 1.09 bits per heavy atom. The van der Waals surface area contributed by atoms with Crippen LogP contribution in [-0.4, -0.2) is 121 Å². The number of carbonyl (C=O) groups is 1. The molecule has 64 valence electrons. The number of rotatable bonds is 0. The summed E-state index contributed by atoms with van der Waals surface area (Å²) in [5.74, 6) is 0. The van der Waals surface area contributed by atoms with Crippen LogP contribution in [-0.2, 0) is 10.4 Å². The third kappa shape index (κ3) is 306. The van der Waals surface area contributed by atoms with Crippen LogP contribution < -0.4 is 0 Å². The van der Waals surface area contributed by atoms with Crippen LogP contribution in [0.4, 0.5) is 4.79 Å². The first-order chi connectivity index (χ1) is 3.73. The van der Waals surface area contributed by atoms with Gasteiger partial charge in [-0.2, -0.15) is 8.42 Å². The van der Waals surface area contributed by atoms with Crippen LogP contribution >= 0.6 is 0 Å². The molecule has 0 aromatic rings. The van der Waals surface area contributed by atoms with Crippen LogP contribution in [0, 0.1) is 0 Å². The molecule has 0 rings (SSSR count). The third-order valence-corrected chi connectivity index (χ3v) is 0. The first kappa shape index (κ1) is 23.1. The molecule has 0 aliphatic carbocycles. The van der Waals surface area contributed by atoms with E-state index in [0.29, 0.717) is 0 Å². The molecule has 0 saturated carbocycles. The van der Waals surface area contributed by atoms with Gasteiger partial charge in [0.25, 0.3) is 0 Å². The summed E-state index contributed by atoms with van der Waals surface area (Å²) in [6.07, 6.45) is -1.83. The zero-order valence-corrected chi connectivity index (χ0v) is 4.74. The molecule has 11 heavy (non-hydrogen) atoms. The maximum atomic E-state index is 8.74. The van der Waals surface area contributed by atoms with Crippen molar-refractivity contribution in [2.45, 2.75) is 0 Å². The summed E-state index contributed by atoms with van der Waals surface area (Å²) in [4.78, 5) is 8.56. The van der Waals surface area contributed by atoms with E-state index in [2.05, 4.69) is 0 Å². The van der Waals surface area contributed by atoms with Crippen LogP contribution in [0.1, 0.15) is 0 Å². The predicted octanol–water partition coefficient (Wildman–Crippen LogP) is -2.26. The molecular formula is CH8BaCaO7S. The van der Waals surface area contributed by atoms with E-state index in [-0.39, 0.29) is 86.6 Å². The SMILES string of the molecule is O=C(O)O.O=S(=O)(O)O.[BaH2].[CaH2]. The topological polar surface area (TPSA) is 132 Å². The predicted molar refractivity (Wildman–Crippen MR) is 41.9 cm³/mol. The molecule has 0 bridgehead atoms. The molecule has 0 atom stereocenters. The standard InChI is InChI=1S/CH2O3.Ba.Ca.H2O4S.4H/c2-1(3)4;;;1-5(2,3)4;;;;/h(H2,2,3,4);;;(H2,1,2,3,4);;;;. The number of hydrogen-bond donors (Lipinski definition) is 4. The average molecular weight is 342 g/mol. The fraction of sp³-hybridized carbons (Fsp3) is 0. The second-order valence-electron chi connectivity index (χ2n) is 0.730. The Morgan fingerprint density at radius 2 is 1.09 bits per heavy atom. The van der Waals surface area contributed by atoms with Crippen LogP contribution in [0.3, 0.4) is 0 Å². The van der Waals surface area contributed by atoms with E-state index in [9.17, 15) is 0 Å². The summed E-state index contributed by atoms with van der Waals surface area (Å²) in [7, 11) is -4.67. The van der Waals surface area contributed by atoms with Gasteiger partial charge >= 0.3 is 103 Å². The molecular weight excluding hydrogens is 333 g/mol. The Labute approximate surface area is 133 Å². The van der Waals surface area contributed by atoms with E-state index >= 15 is 0 Å². The van der Waals surface area contributed by atoms with Crippen molar-refractivity contribution in [3.8, 4) is 0 Å². The molecule has 7 nitrogen and oxygen atoms in total. The molecule has 0 heterocycles. The second-order valence-corrected chi connectivity index (χ2v) is 1.63. The van der Waals surface area contributed by atoms with E-state index in [4.69, 9.17) is 32.5 Å². The summed E-state index contributed by atoms with van der Waals surface area (Å²) >= 11 is 0. The summed E-state index contributed by atoms with van der Waals surface area (Å²) in [5, 5.41) is 13.9. The summed E-state index contributed by atoms with van der Waals surface area (Å²) < 4.78 is 31.6. The zero-order chi connectivity index (χ0) is 8.08. The summed E-state index contributed by atoms with van der Waals surface area (Å²) in [5.41, 5.74) is 0. The Bertz CT molecular complexity index is 161. The summed E-state index contributed by atoms with van der Waals surface area (Å²) in [6.45, 7) is 0. The molecule has 4 N–H and O–H groups in total. The number of hydrogen-bond acceptors (Lipinski definition) is 3. The van der Waals surface area contributed by atoms with Crippen LogP contribution in [0.5, 0.6) is 0 Å². The molecule has 0 spiro atoms. The molecule has 0 fully saturated rings. The molecule has 0 aliphatic heterocycles. The van der Waals surface area contributed by atoms with Crippen molar-refractivity contribution in [3.63, 3.8) is 0 Å². The third-order valence-electron chi connectivity index (χ3n) is 0. The quantitative estimate of drug-likeness (QED) is 0.289. The average Bonchev–Trinajstić information content (AvgIpc) is 1.19. The molecule has 0 unspecified atom stereocenters. The van der Waals surface area contributed by atoms with E-state index < -0.39 is 16.6 Å². The van der Waals surface area contributed by atoms with E-state index in [1.807, 2.05) is 0 Å². The fourth-order valence-electron chi connectivity index (χ4n) is 0. The van der Waals surface area contributed by atoms with Gasteiger partial charge in [-0.1, -0.05) is 0 Å². The van der Waals surface area contributed by atoms with Crippen molar-refractivity contribution in [1.29, 1.82) is 0 Å². The van der Waals surface area contributed by atoms with Gasteiger partial charge in [0.2, 0.25) is 0 Å². The first-order valence-corrected chi connectivity index (χ1v) is 2.75. The Hall–Kier alpha value is 1.97. The minimum absolute atomic E-state index is 0. The number of carboxylic acid groups (broad SMARTS) is 2. The van der Waals surface area contributed by atoms with Crippen LogP contribution in [0.2, 0.25) is 0 Å². The Morgan fingerprint density at radius 3 is 1.09 bits per heavy atom. The van der Waals surface area contributed by atoms with Crippen molar-refractivity contribution in [1.82, 2.24) is 0 Å². The minimum atomic E-state index is -4.67. The van der Waals surface area contributed by atoms with Gasteiger partial charge in [0.05, 0.1) is 0 Å². The van der Waals surface area contributed by atoms with Gasteiger partial charge in [-0.05, 0) is 0 Å². The molecule has 0 aromatic heterocycles. The van der Waals surface area contributed by atoms with E-state index in [0.717, 1.165) is 0 Å². The van der Waals surface area contributed by atoms with Crippen molar-refractivity contribution < 1.29 is 32.5 Å². The van der Waals surface area contributed by atoms with Crippen molar-refractivity contribution in [2.24, 2.45) is 0 Å².